The Morgan fingerprint density at radius 2 is 1.78 bits per heavy atom. The molecule has 9 nitrogen and oxygen atoms in total. The largest absolute Gasteiger partial charge is 0.452 e. The maximum Gasteiger partial charge on any atom is 0.322 e. The molecule has 0 fully saturated rings. The van der Waals surface area contributed by atoms with Gasteiger partial charge < -0.3 is 15.4 Å². The van der Waals surface area contributed by atoms with Crippen molar-refractivity contribution < 1.29 is 27.5 Å². The second kappa shape index (κ2) is 10.0. The van der Waals surface area contributed by atoms with E-state index in [1.165, 1.54) is 45.2 Å². The van der Waals surface area contributed by atoms with Crippen molar-refractivity contribution in [3.05, 3.63) is 24.3 Å². The molecular formula is C17H25N3O6S. The van der Waals surface area contributed by atoms with Gasteiger partial charge in [-0.1, -0.05) is 6.92 Å². The van der Waals surface area contributed by atoms with Crippen LogP contribution < -0.4 is 10.6 Å². The molecule has 1 atom stereocenters. The monoisotopic (exact) mass is 399 g/mol. The minimum Gasteiger partial charge on any atom is -0.452 e. The summed E-state index contributed by atoms with van der Waals surface area (Å²) in [6.45, 7) is 4.57. The fraction of sp³-hybridized carbons (Fsp3) is 0.471. The first-order valence-electron chi connectivity index (χ1n) is 8.39. The molecule has 1 aromatic rings. The van der Waals surface area contributed by atoms with Crippen LogP contribution in [0.2, 0.25) is 0 Å². The number of nitrogens with one attached hydrogen (secondary N) is 2. The van der Waals surface area contributed by atoms with E-state index in [0.717, 1.165) is 10.7 Å². The third kappa shape index (κ3) is 6.99. The van der Waals surface area contributed by atoms with Crippen molar-refractivity contribution >= 4 is 33.5 Å². The number of ether oxygens (including phenoxy) is 1. The average molecular weight is 399 g/mol. The van der Waals surface area contributed by atoms with Gasteiger partial charge in [0.05, 0.1) is 4.90 Å². The number of benzene rings is 1. The number of hydrogen-bond acceptors (Lipinski definition) is 6. The van der Waals surface area contributed by atoms with Crippen LogP contribution in [0.15, 0.2) is 29.2 Å². The molecule has 0 saturated heterocycles. The Labute approximate surface area is 159 Å². The van der Waals surface area contributed by atoms with Crippen molar-refractivity contribution in [3.63, 3.8) is 0 Å². The van der Waals surface area contributed by atoms with Gasteiger partial charge in [-0.15, -0.1) is 0 Å². The maximum absolute atomic E-state index is 12.5. The highest BCUT2D eigenvalue weighted by atomic mass is 32.2. The third-order valence-electron chi connectivity index (χ3n) is 3.46. The van der Waals surface area contributed by atoms with Crippen molar-refractivity contribution in [2.75, 3.05) is 25.5 Å². The van der Waals surface area contributed by atoms with Gasteiger partial charge in [-0.05, 0) is 37.6 Å². The van der Waals surface area contributed by atoms with Crippen LogP contribution in [0.3, 0.4) is 0 Å². The Hall–Kier alpha value is -2.46. The molecule has 0 aliphatic rings. The van der Waals surface area contributed by atoms with Crippen LogP contribution in [0.5, 0.6) is 0 Å². The lowest BCUT2D eigenvalue weighted by Crippen LogP contribution is -2.39. The van der Waals surface area contributed by atoms with Crippen molar-refractivity contribution in [2.24, 2.45) is 0 Å². The van der Waals surface area contributed by atoms with Crippen LogP contribution in [-0.4, -0.2) is 56.7 Å². The predicted octanol–water partition coefficient (Wildman–Crippen LogP) is 0.723. The molecule has 0 bridgehead atoms. The van der Waals surface area contributed by atoms with Crippen LogP contribution in [-0.2, 0) is 29.1 Å². The molecule has 0 radical (unpaired) electrons. The van der Waals surface area contributed by atoms with Gasteiger partial charge in [0.1, 0.15) is 6.54 Å². The summed E-state index contributed by atoms with van der Waals surface area (Å²) in [6.07, 6.45) is -0.272. The fourth-order valence-corrected chi connectivity index (χ4v) is 3.16. The van der Waals surface area contributed by atoms with Crippen LogP contribution in [0, 0.1) is 0 Å². The van der Waals surface area contributed by atoms with Crippen molar-refractivity contribution in [1.82, 2.24) is 9.62 Å². The number of amides is 2. The van der Waals surface area contributed by atoms with E-state index in [1.54, 1.807) is 0 Å². The number of hydrogen-bond donors (Lipinski definition) is 2. The Bertz CT molecular complexity index is 776. The molecule has 27 heavy (non-hydrogen) atoms. The zero-order valence-corrected chi connectivity index (χ0v) is 16.6. The van der Waals surface area contributed by atoms with E-state index >= 15 is 0 Å². The fourth-order valence-electron chi connectivity index (χ4n) is 2.04. The van der Waals surface area contributed by atoms with Crippen molar-refractivity contribution in [1.29, 1.82) is 0 Å². The van der Waals surface area contributed by atoms with E-state index in [4.69, 9.17) is 4.74 Å². The molecule has 0 aromatic heterocycles. The zero-order chi connectivity index (χ0) is 20.6. The molecule has 0 aliphatic heterocycles. The van der Waals surface area contributed by atoms with E-state index in [2.05, 4.69) is 10.6 Å². The lowest BCUT2D eigenvalue weighted by Gasteiger charge is -2.18. The summed E-state index contributed by atoms with van der Waals surface area (Å²) in [6, 6.07) is 5.54. The van der Waals surface area contributed by atoms with Gasteiger partial charge in [0.15, 0.2) is 6.10 Å². The van der Waals surface area contributed by atoms with E-state index in [9.17, 15) is 22.8 Å². The summed E-state index contributed by atoms with van der Waals surface area (Å²) >= 11 is 0. The van der Waals surface area contributed by atoms with Gasteiger partial charge >= 0.3 is 5.97 Å². The van der Waals surface area contributed by atoms with Crippen LogP contribution in [0.25, 0.3) is 0 Å². The first-order chi connectivity index (χ1) is 12.6. The average Bonchev–Trinajstić information content (AvgIpc) is 2.59. The van der Waals surface area contributed by atoms with Crippen molar-refractivity contribution in [2.45, 2.75) is 38.2 Å². The third-order valence-corrected chi connectivity index (χ3v) is 5.28. The summed E-state index contributed by atoms with van der Waals surface area (Å²) in [4.78, 5) is 34.6. The van der Waals surface area contributed by atoms with Crippen LogP contribution in [0.4, 0.5) is 5.69 Å². The lowest BCUT2D eigenvalue weighted by molar-refractivity contribution is -0.154. The second-order valence-electron chi connectivity index (χ2n) is 5.89. The normalized spacial score (nSPS) is 12.3. The van der Waals surface area contributed by atoms with Gasteiger partial charge in [-0.2, -0.15) is 4.31 Å². The minimum atomic E-state index is -3.93. The number of esters is 1. The first kappa shape index (κ1) is 22.6. The number of carbonyl (C=O) groups excluding carboxylic acids is 3. The smallest absolute Gasteiger partial charge is 0.322 e. The van der Waals surface area contributed by atoms with Gasteiger partial charge in [-0.3, -0.25) is 14.4 Å². The number of carbonyl (C=O) groups is 3. The summed E-state index contributed by atoms with van der Waals surface area (Å²) < 4.78 is 30.8. The van der Waals surface area contributed by atoms with Crippen molar-refractivity contribution in [3.8, 4) is 0 Å². The Morgan fingerprint density at radius 3 is 2.30 bits per heavy atom. The topological polar surface area (TPSA) is 122 Å². The standard InChI is InChI=1S/C17H25N3O6S/c1-5-10-18-17(23)12(2)26-16(22)11-20(4)27(24,25)15-8-6-14(7-9-15)19-13(3)21/h6-9,12H,5,10-11H2,1-4H3,(H,18,23)(H,19,21)/t12-/m0/s1. The van der Waals surface area contributed by atoms with E-state index in [1.807, 2.05) is 6.92 Å². The Balaban J connectivity index is 2.71. The van der Waals surface area contributed by atoms with Gasteiger partial charge in [0, 0.05) is 26.2 Å². The molecule has 0 aliphatic carbocycles. The van der Waals surface area contributed by atoms with E-state index in [-0.39, 0.29) is 10.8 Å². The molecule has 0 heterocycles. The lowest BCUT2D eigenvalue weighted by atomic mass is 10.3. The Kier molecular flexibility index (Phi) is 8.38. The van der Waals surface area contributed by atoms with E-state index < -0.39 is 34.5 Å². The minimum absolute atomic E-state index is 0.0411. The zero-order valence-electron chi connectivity index (χ0n) is 15.8. The molecule has 1 aromatic carbocycles. The molecular weight excluding hydrogens is 374 g/mol. The highest BCUT2D eigenvalue weighted by molar-refractivity contribution is 7.89. The molecule has 0 saturated carbocycles. The molecule has 0 unspecified atom stereocenters. The van der Waals surface area contributed by atoms with Gasteiger partial charge in [0.2, 0.25) is 15.9 Å². The highest BCUT2D eigenvalue weighted by Gasteiger charge is 2.25. The number of likely N-dealkylation sites (N-methyl/N-ethyl adjacent to an activating group) is 1. The molecule has 10 heteroatoms. The van der Waals surface area contributed by atoms with Gasteiger partial charge in [-0.25, -0.2) is 8.42 Å². The second-order valence-corrected chi connectivity index (χ2v) is 7.93. The van der Waals surface area contributed by atoms with Gasteiger partial charge in [0.25, 0.3) is 5.91 Å². The first-order valence-corrected chi connectivity index (χ1v) is 9.83. The predicted molar refractivity (Wildman–Crippen MR) is 99.4 cm³/mol. The summed E-state index contributed by atoms with van der Waals surface area (Å²) in [5, 5.41) is 5.12. The summed E-state index contributed by atoms with van der Waals surface area (Å²) in [5.41, 5.74) is 0.454. The molecule has 2 amide bonds. The highest BCUT2D eigenvalue weighted by Crippen LogP contribution is 2.17. The number of anilines is 1. The molecule has 0 spiro atoms. The van der Waals surface area contributed by atoms with E-state index in [0.29, 0.717) is 12.2 Å². The van der Waals surface area contributed by atoms with Crippen LogP contribution >= 0.6 is 0 Å². The number of nitrogens with zero attached hydrogens (tertiary/aromatic N) is 1. The Morgan fingerprint density at radius 1 is 1.19 bits per heavy atom. The maximum atomic E-state index is 12.5. The SMILES string of the molecule is CCCNC(=O)[C@H](C)OC(=O)CN(C)S(=O)(=O)c1ccc(NC(C)=O)cc1. The van der Waals surface area contributed by atoms with Crippen LogP contribution in [0.1, 0.15) is 27.2 Å². The molecule has 1 rings (SSSR count). The summed E-state index contributed by atoms with van der Waals surface area (Å²) in [7, 11) is -2.69. The molecule has 150 valence electrons. The summed E-state index contributed by atoms with van der Waals surface area (Å²) in [5.74, 6) is -1.55. The number of sulfonamides is 1. The molecule has 2 N–H and O–H groups in total. The number of rotatable bonds is 9. The quantitative estimate of drug-likeness (QED) is 0.590.